The van der Waals surface area contributed by atoms with Gasteiger partial charge in [-0.3, -0.25) is 0 Å². The molecule has 22 heavy (non-hydrogen) atoms. The maximum Gasteiger partial charge on any atom is 0.244 e. The van der Waals surface area contributed by atoms with E-state index in [0.717, 1.165) is 15.2 Å². The number of thiazole rings is 1. The lowest BCUT2D eigenvalue weighted by atomic mass is 10.3. The Kier molecular flexibility index (Phi) is 4.18. The van der Waals surface area contributed by atoms with Crippen LogP contribution in [0.5, 0.6) is 0 Å². The highest BCUT2D eigenvalue weighted by molar-refractivity contribution is 7.89. The standard InChI is InChI=1S/C15H13ClN2O2S2/c1-18(22(19,20)14-9-5-2-6-11(14)16)10-15-17-12-7-3-4-8-13(12)21-15/h2-9H,10H2,1H3. The largest absolute Gasteiger partial charge is 0.244 e. The maximum absolute atomic E-state index is 12.6. The number of nitrogens with zero attached hydrogens (tertiary/aromatic N) is 2. The van der Waals surface area contributed by atoms with Crippen LogP contribution in [0.1, 0.15) is 5.01 Å². The van der Waals surface area contributed by atoms with Gasteiger partial charge in [-0.25, -0.2) is 13.4 Å². The number of fused-ring (bicyclic) bond motifs is 1. The van der Waals surface area contributed by atoms with Gasteiger partial charge in [-0.05, 0) is 24.3 Å². The molecule has 0 radical (unpaired) electrons. The second-order valence-corrected chi connectivity index (χ2v) is 8.30. The summed E-state index contributed by atoms with van der Waals surface area (Å²) in [6.07, 6.45) is 0. The monoisotopic (exact) mass is 352 g/mol. The molecule has 3 aromatic rings. The molecule has 0 saturated heterocycles. The third-order valence-electron chi connectivity index (χ3n) is 3.22. The molecular weight excluding hydrogens is 340 g/mol. The lowest BCUT2D eigenvalue weighted by molar-refractivity contribution is 0.466. The Morgan fingerprint density at radius 2 is 1.82 bits per heavy atom. The average Bonchev–Trinajstić information content (AvgIpc) is 2.89. The van der Waals surface area contributed by atoms with Gasteiger partial charge in [0.15, 0.2) is 0 Å². The Labute approximate surface area is 138 Å². The highest BCUT2D eigenvalue weighted by atomic mass is 35.5. The summed E-state index contributed by atoms with van der Waals surface area (Å²) >= 11 is 7.49. The first-order valence-corrected chi connectivity index (χ1v) is 9.17. The van der Waals surface area contributed by atoms with E-state index >= 15 is 0 Å². The van der Waals surface area contributed by atoms with Crippen molar-refractivity contribution >= 4 is 43.2 Å². The molecule has 2 aromatic carbocycles. The van der Waals surface area contributed by atoms with E-state index in [2.05, 4.69) is 4.98 Å². The fourth-order valence-corrected chi connectivity index (χ4v) is 4.81. The van der Waals surface area contributed by atoms with Gasteiger partial charge in [0.2, 0.25) is 10.0 Å². The van der Waals surface area contributed by atoms with E-state index in [1.165, 1.54) is 28.8 Å². The summed E-state index contributed by atoms with van der Waals surface area (Å²) in [5.74, 6) is 0. The van der Waals surface area contributed by atoms with E-state index in [0.29, 0.717) is 0 Å². The minimum atomic E-state index is -3.64. The van der Waals surface area contributed by atoms with Gasteiger partial charge < -0.3 is 0 Å². The summed E-state index contributed by atoms with van der Waals surface area (Å²) in [4.78, 5) is 4.57. The SMILES string of the molecule is CN(Cc1nc2ccccc2s1)S(=O)(=O)c1ccccc1Cl. The molecule has 3 rings (SSSR count). The number of benzene rings is 2. The van der Waals surface area contributed by atoms with Gasteiger partial charge in [-0.15, -0.1) is 11.3 Å². The molecule has 0 amide bonds. The van der Waals surface area contributed by atoms with Crippen molar-refractivity contribution in [3.8, 4) is 0 Å². The molecule has 0 bridgehead atoms. The Hall–Kier alpha value is -1.47. The fourth-order valence-electron chi connectivity index (χ4n) is 2.08. The molecule has 1 heterocycles. The van der Waals surface area contributed by atoms with E-state index in [1.807, 2.05) is 24.3 Å². The molecule has 0 spiro atoms. The van der Waals surface area contributed by atoms with Crippen LogP contribution in [-0.4, -0.2) is 24.8 Å². The van der Waals surface area contributed by atoms with Crippen molar-refractivity contribution in [1.29, 1.82) is 0 Å². The Bertz CT molecular complexity index is 889. The number of hydrogen-bond donors (Lipinski definition) is 0. The van der Waals surface area contributed by atoms with E-state index < -0.39 is 10.0 Å². The summed E-state index contributed by atoms with van der Waals surface area (Å²) in [6, 6.07) is 14.2. The molecule has 0 atom stereocenters. The number of hydrogen-bond acceptors (Lipinski definition) is 4. The number of halogens is 1. The quantitative estimate of drug-likeness (QED) is 0.718. The van der Waals surface area contributed by atoms with Crippen LogP contribution in [0.4, 0.5) is 0 Å². The summed E-state index contributed by atoms with van der Waals surface area (Å²) in [5, 5.41) is 0.970. The van der Waals surface area contributed by atoms with E-state index in [4.69, 9.17) is 11.6 Å². The first-order valence-electron chi connectivity index (χ1n) is 6.54. The molecular formula is C15H13ClN2O2S2. The molecule has 0 aliphatic rings. The molecule has 0 fully saturated rings. The molecule has 0 saturated carbocycles. The van der Waals surface area contributed by atoms with Gasteiger partial charge in [0.25, 0.3) is 0 Å². The van der Waals surface area contributed by atoms with Crippen molar-refractivity contribution in [2.45, 2.75) is 11.4 Å². The molecule has 0 unspecified atom stereocenters. The van der Waals surface area contributed by atoms with Crippen molar-refractivity contribution in [2.24, 2.45) is 0 Å². The van der Waals surface area contributed by atoms with Crippen LogP contribution in [0, 0.1) is 0 Å². The lowest BCUT2D eigenvalue weighted by Crippen LogP contribution is -2.26. The molecule has 1 aromatic heterocycles. The molecule has 0 aliphatic heterocycles. The van der Waals surface area contributed by atoms with Gasteiger partial charge in [0, 0.05) is 7.05 Å². The third-order valence-corrected chi connectivity index (χ3v) is 6.55. The molecule has 4 nitrogen and oxygen atoms in total. The summed E-state index contributed by atoms with van der Waals surface area (Å²) < 4.78 is 27.5. The van der Waals surface area contributed by atoms with E-state index in [1.54, 1.807) is 18.2 Å². The van der Waals surface area contributed by atoms with Gasteiger partial charge in [-0.1, -0.05) is 35.9 Å². The van der Waals surface area contributed by atoms with Crippen molar-refractivity contribution in [2.75, 3.05) is 7.05 Å². The number of aromatic nitrogens is 1. The van der Waals surface area contributed by atoms with Crippen molar-refractivity contribution in [1.82, 2.24) is 9.29 Å². The first kappa shape index (κ1) is 15.4. The zero-order chi connectivity index (χ0) is 15.7. The minimum Gasteiger partial charge on any atom is -0.240 e. The van der Waals surface area contributed by atoms with Crippen LogP contribution in [0.3, 0.4) is 0 Å². The summed E-state index contributed by atoms with van der Waals surface area (Å²) in [6.45, 7) is 0.215. The highest BCUT2D eigenvalue weighted by Gasteiger charge is 2.24. The first-order chi connectivity index (χ1) is 10.5. The van der Waals surface area contributed by atoms with Crippen molar-refractivity contribution in [3.05, 3.63) is 58.6 Å². The average molecular weight is 353 g/mol. The number of rotatable bonds is 4. The topological polar surface area (TPSA) is 50.3 Å². The van der Waals surface area contributed by atoms with Crippen LogP contribution < -0.4 is 0 Å². The highest BCUT2D eigenvalue weighted by Crippen LogP contribution is 2.27. The maximum atomic E-state index is 12.6. The summed E-state index contributed by atoms with van der Waals surface area (Å²) in [7, 11) is -2.10. The van der Waals surface area contributed by atoms with Gasteiger partial charge in [0.1, 0.15) is 9.90 Å². The zero-order valence-electron chi connectivity index (χ0n) is 11.7. The van der Waals surface area contributed by atoms with E-state index in [9.17, 15) is 8.42 Å². The Morgan fingerprint density at radius 1 is 1.14 bits per heavy atom. The van der Waals surface area contributed by atoms with Gasteiger partial charge in [-0.2, -0.15) is 4.31 Å². The normalized spacial score (nSPS) is 12.1. The summed E-state index contributed by atoms with van der Waals surface area (Å²) in [5.41, 5.74) is 0.881. The van der Waals surface area contributed by atoms with Gasteiger partial charge >= 0.3 is 0 Å². The lowest BCUT2D eigenvalue weighted by Gasteiger charge is -2.16. The molecule has 0 N–H and O–H groups in total. The zero-order valence-corrected chi connectivity index (χ0v) is 14.1. The molecule has 0 aliphatic carbocycles. The molecule has 7 heteroatoms. The van der Waals surface area contributed by atoms with E-state index in [-0.39, 0.29) is 16.5 Å². The predicted octanol–water partition coefficient (Wildman–Crippen LogP) is 3.77. The Balaban J connectivity index is 1.90. The number of sulfonamides is 1. The fraction of sp³-hybridized carbons (Fsp3) is 0.133. The van der Waals surface area contributed by atoms with Crippen molar-refractivity contribution in [3.63, 3.8) is 0 Å². The van der Waals surface area contributed by atoms with Crippen LogP contribution in [-0.2, 0) is 16.6 Å². The van der Waals surface area contributed by atoms with Crippen LogP contribution >= 0.6 is 22.9 Å². The smallest absolute Gasteiger partial charge is 0.240 e. The molecule has 114 valence electrons. The second-order valence-electron chi connectivity index (χ2n) is 4.77. The second kappa shape index (κ2) is 5.96. The Morgan fingerprint density at radius 3 is 2.55 bits per heavy atom. The van der Waals surface area contributed by atoms with Crippen LogP contribution in [0.25, 0.3) is 10.2 Å². The van der Waals surface area contributed by atoms with Crippen molar-refractivity contribution < 1.29 is 8.42 Å². The van der Waals surface area contributed by atoms with Gasteiger partial charge in [0.05, 0.1) is 21.8 Å². The van der Waals surface area contributed by atoms with Crippen LogP contribution in [0.15, 0.2) is 53.4 Å². The number of para-hydroxylation sites is 1. The van der Waals surface area contributed by atoms with Crippen LogP contribution in [0.2, 0.25) is 5.02 Å². The predicted molar refractivity (Wildman–Crippen MR) is 89.7 cm³/mol. The minimum absolute atomic E-state index is 0.111. The third kappa shape index (κ3) is 2.87.